The Balaban J connectivity index is 2.73. The Morgan fingerprint density at radius 1 is 1.53 bits per heavy atom. The predicted molar refractivity (Wildman–Crippen MR) is 68.5 cm³/mol. The van der Waals surface area contributed by atoms with E-state index >= 15 is 0 Å². The van der Waals surface area contributed by atoms with Gasteiger partial charge < -0.3 is 4.57 Å². The minimum absolute atomic E-state index is 0.0103. The van der Waals surface area contributed by atoms with Gasteiger partial charge in [0.2, 0.25) is 0 Å². The normalized spacial score (nSPS) is 13.1. The molecule has 0 radical (unpaired) electrons. The van der Waals surface area contributed by atoms with Gasteiger partial charge in [-0.1, -0.05) is 29.3 Å². The molecular formula is C10H13BrN4O2. The molecule has 2 aromatic rings. The number of aromatic amines is 1. The second-order valence-electron chi connectivity index (χ2n) is 3.87. The first-order valence-corrected chi connectivity index (χ1v) is 6.27. The summed E-state index contributed by atoms with van der Waals surface area (Å²) in [5, 5.41) is 0. The number of hydrogen-bond donors (Lipinski definition) is 1. The topological polar surface area (TPSA) is 72.7 Å². The Kier molecular flexibility index (Phi) is 3.19. The molecule has 0 aliphatic carbocycles. The molecule has 0 aliphatic heterocycles. The number of rotatable bonds is 3. The van der Waals surface area contributed by atoms with Crippen molar-refractivity contribution in [2.75, 3.05) is 0 Å². The van der Waals surface area contributed by atoms with Gasteiger partial charge in [-0.25, -0.2) is 9.78 Å². The van der Waals surface area contributed by atoms with Crippen LogP contribution in [0.4, 0.5) is 0 Å². The Morgan fingerprint density at radius 2 is 2.24 bits per heavy atom. The predicted octanol–water partition coefficient (Wildman–Crippen LogP) is 1.12. The maximum absolute atomic E-state index is 11.8. The van der Waals surface area contributed by atoms with Crippen LogP contribution < -0.4 is 11.2 Å². The number of fused-ring (bicyclic) bond motifs is 1. The number of hydrogen-bond acceptors (Lipinski definition) is 3. The molecule has 0 saturated carbocycles. The van der Waals surface area contributed by atoms with Gasteiger partial charge in [0.05, 0.1) is 11.3 Å². The molecule has 17 heavy (non-hydrogen) atoms. The standard InChI is InChI=1S/C10H13BrN4O2/c1-3-4-6(11)15-5-12-8-7(15)9(16)13-10(17)14(8)2/h5-6H,3-4H2,1-2H3,(H,13,16,17). The quantitative estimate of drug-likeness (QED) is 0.863. The van der Waals surface area contributed by atoms with Crippen molar-refractivity contribution >= 4 is 27.1 Å². The van der Waals surface area contributed by atoms with E-state index in [4.69, 9.17) is 0 Å². The minimum atomic E-state index is -0.450. The van der Waals surface area contributed by atoms with Gasteiger partial charge in [-0.05, 0) is 6.42 Å². The molecule has 0 spiro atoms. The van der Waals surface area contributed by atoms with Gasteiger partial charge in [-0.3, -0.25) is 14.3 Å². The van der Waals surface area contributed by atoms with Crippen molar-refractivity contribution in [1.29, 1.82) is 0 Å². The van der Waals surface area contributed by atoms with Crippen LogP contribution in [0.3, 0.4) is 0 Å². The maximum atomic E-state index is 11.8. The molecule has 1 unspecified atom stereocenters. The van der Waals surface area contributed by atoms with Gasteiger partial charge >= 0.3 is 5.69 Å². The Morgan fingerprint density at radius 3 is 2.88 bits per heavy atom. The molecule has 2 rings (SSSR count). The molecule has 0 saturated heterocycles. The van der Waals surface area contributed by atoms with Gasteiger partial charge in [-0.15, -0.1) is 0 Å². The average molecular weight is 301 g/mol. The Labute approximate surface area is 105 Å². The average Bonchev–Trinajstić information content (AvgIpc) is 2.71. The molecule has 0 fully saturated rings. The second-order valence-corrected chi connectivity index (χ2v) is 4.92. The highest BCUT2D eigenvalue weighted by Crippen LogP contribution is 2.23. The first-order valence-electron chi connectivity index (χ1n) is 5.36. The van der Waals surface area contributed by atoms with E-state index < -0.39 is 11.2 Å². The molecule has 1 atom stereocenters. The van der Waals surface area contributed by atoms with Crippen LogP contribution in [0.2, 0.25) is 0 Å². The number of imidazole rings is 1. The molecule has 0 aliphatic rings. The molecular weight excluding hydrogens is 288 g/mol. The third-order valence-corrected chi connectivity index (χ3v) is 3.56. The van der Waals surface area contributed by atoms with Crippen LogP contribution in [0, 0.1) is 0 Å². The van der Waals surface area contributed by atoms with Crippen LogP contribution in [0.5, 0.6) is 0 Å². The number of H-pyrrole nitrogens is 1. The van der Waals surface area contributed by atoms with Crippen LogP contribution >= 0.6 is 15.9 Å². The minimum Gasteiger partial charge on any atom is -0.311 e. The summed E-state index contributed by atoms with van der Waals surface area (Å²) in [7, 11) is 1.58. The zero-order valence-corrected chi connectivity index (χ0v) is 11.2. The Hall–Kier alpha value is -1.37. The summed E-state index contributed by atoms with van der Waals surface area (Å²) in [5.74, 6) is 0. The summed E-state index contributed by atoms with van der Waals surface area (Å²) >= 11 is 3.51. The van der Waals surface area contributed by atoms with Gasteiger partial charge in [-0.2, -0.15) is 0 Å². The highest BCUT2D eigenvalue weighted by molar-refractivity contribution is 9.09. The SMILES string of the molecule is CCCC(Br)n1cnc2c1c(=O)[nH]c(=O)n2C. The lowest BCUT2D eigenvalue weighted by molar-refractivity contribution is 0.636. The summed E-state index contributed by atoms with van der Waals surface area (Å²) in [6, 6.07) is 0. The molecule has 0 aromatic carbocycles. The van der Waals surface area contributed by atoms with Crippen molar-refractivity contribution in [2.24, 2.45) is 7.05 Å². The molecule has 2 heterocycles. The fourth-order valence-electron chi connectivity index (χ4n) is 1.74. The van der Waals surface area contributed by atoms with Crippen molar-refractivity contribution in [1.82, 2.24) is 19.1 Å². The summed E-state index contributed by atoms with van der Waals surface area (Å²) in [6.07, 6.45) is 3.45. The largest absolute Gasteiger partial charge is 0.329 e. The van der Waals surface area contributed by atoms with Gasteiger partial charge in [0.25, 0.3) is 5.56 Å². The van der Waals surface area contributed by atoms with E-state index in [1.165, 1.54) is 4.57 Å². The van der Waals surface area contributed by atoms with E-state index in [9.17, 15) is 9.59 Å². The van der Waals surface area contributed by atoms with Crippen molar-refractivity contribution in [3.8, 4) is 0 Å². The van der Waals surface area contributed by atoms with Crippen LogP contribution in [0.15, 0.2) is 15.9 Å². The highest BCUT2D eigenvalue weighted by Gasteiger charge is 2.15. The fraction of sp³-hybridized carbons (Fsp3) is 0.500. The van der Waals surface area contributed by atoms with E-state index in [0.29, 0.717) is 11.2 Å². The van der Waals surface area contributed by atoms with Crippen LogP contribution in [0.25, 0.3) is 11.2 Å². The van der Waals surface area contributed by atoms with Crippen LogP contribution in [-0.2, 0) is 7.05 Å². The number of halogens is 1. The van der Waals surface area contributed by atoms with Gasteiger partial charge in [0, 0.05) is 7.05 Å². The molecule has 7 heteroatoms. The second kappa shape index (κ2) is 4.48. The summed E-state index contributed by atoms with van der Waals surface area (Å²) < 4.78 is 3.08. The van der Waals surface area contributed by atoms with Gasteiger partial charge in [0.15, 0.2) is 11.2 Å². The van der Waals surface area contributed by atoms with Crippen molar-refractivity contribution < 1.29 is 0 Å². The van der Waals surface area contributed by atoms with Crippen molar-refractivity contribution in [2.45, 2.75) is 24.7 Å². The number of nitrogens with zero attached hydrogens (tertiary/aromatic N) is 3. The van der Waals surface area contributed by atoms with Crippen LogP contribution in [-0.4, -0.2) is 19.1 Å². The molecule has 0 amide bonds. The van der Waals surface area contributed by atoms with Crippen molar-refractivity contribution in [3.05, 3.63) is 27.2 Å². The highest BCUT2D eigenvalue weighted by atomic mass is 79.9. The third-order valence-electron chi connectivity index (χ3n) is 2.66. The number of aryl methyl sites for hydroxylation is 1. The number of alkyl halides is 1. The summed E-state index contributed by atoms with van der Waals surface area (Å²) in [5.41, 5.74) is -0.0303. The number of aromatic nitrogens is 4. The smallest absolute Gasteiger partial charge is 0.311 e. The van der Waals surface area contributed by atoms with E-state index in [1.54, 1.807) is 17.9 Å². The van der Waals surface area contributed by atoms with E-state index in [1.807, 2.05) is 0 Å². The fourth-order valence-corrected chi connectivity index (χ4v) is 2.51. The lowest BCUT2D eigenvalue weighted by Crippen LogP contribution is -2.29. The third kappa shape index (κ3) is 1.95. The first-order chi connectivity index (χ1) is 8.06. The monoisotopic (exact) mass is 300 g/mol. The first kappa shape index (κ1) is 12.1. The zero-order valence-electron chi connectivity index (χ0n) is 9.61. The maximum Gasteiger partial charge on any atom is 0.329 e. The van der Waals surface area contributed by atoms with E-state index in [2.05, 4.69) is 32.8 Å². The van der Waals surface area contributed by atoms with Gasteiger partial charge in [0.1, 0.15) is 0 Å². The van der Waals surface area contributed by atoms with Crippen molar-refractivity contribution in [3.63, 3.8) is 0 Å². The molecule has 1 N–H and O–H groups in total. The summed E-state index contributed by atoms with van der Waals surface area (Å²) in [4.78, 5) is 29.6. The molecule has 6 nitrogen and oxygen atoms in total. The molecule has 2 aromatic heterocycles. The molecule has 92 valence electrons. The lowest BCUT2D eigenvalue weighted by atomic mass is 10.3. The Bertz CT molecular complexity index is 654. The zero-order chi connectivity index (χ0) is 12.6. The summed E-state index contributed by atoms with van der Waals surface area (Å²) in [6.45, 7) is 2.06. The number of nitrogens with one attached hydrogen (secondary N) is 1. The lowest BCUT2D eigenvalue weighted by Gasteiger charge is -2.10. The van der Waals surface area contributed by atoms with E-state index in [0.717, 1.165) is 12.8 Å². The molecule has 0 bridgehead atoms. The van der Waals surface area contributed by atoms with Crippen LogP contribution in [0.1, 0.15) is 24.7 Å². The van der Waals surface area contributed by atoms with E-state index in [-0.39, 0.29) is 4.95 Å².